The number of benzene rings is 2. The SMILES string of the molecule is COc1ccc2nc(Cc3ccccc3O)sc2c1. The predicted molar refractivity (Wildman–Crippen MR) is 77.1 cm³/mol. The summed E-state index contributed by atoms with van der Waals surface area (Å²) in [5.74, 6) is 1.16. The molecular formula is C15H13NO2S. The smallest absolute Gasteiger partial charge is 0.120 e. The average molecular weight is 271 g/mol. The molecule has 0 aliphatic rings. The van der Waals surface area contributed by atoms with Crippen LogP contribution in [0.1, 0.15) is 10.6 Å². The van der Waals surface area contributed by atoms with E-state index in [2.05, 4.69) is 4.98 Å². The van der Waals surface area contributed by atoms with Crippen molar-refractivity contribution in [3.63, 3.8) is 0 Å². The molecule has 96 valence electrons. The second kappa shape index (κ2) is 4.90. The lowest BCUT2D eigenvalue weighted by atomic mass is 10.1. The number of hydrogen-bond donors (Lipinski definition) is 1. The molecule has 0 spiro atoms. The highest BCUT2D eigenvalue weighted by Crippen LogP contribution is 2.29. The molecule has 1 heterocycles. The molecule has 0 fully saturated rings. The van der Waals surface area contributed by atoms with E-state index in [9.17, 15) is 5.11 Å². The van der Waals surface area contributed by atoms with Crippen LogP contribution < -0.4 is 4.74 Å². The van der Waals surface area contributed by atoms with Crippen LogP contribution in [0.2, 0.25) is 0 Å². The first-order valence-corrected chi connectivity index (χ1v) is 6.78. The number of methoxy groups -OCH3 is 1. The second-order valence-electron chi connectivity index (χ2n) is 4.25. The lowest BCUT2D eigenvalue weighted by Gasteiger charge is -2.00. The Morgan fingerprint density at radius 1 is 1.21 bits per heavy atom. The molecule has 2 aromatic carbocycles. The Bertz CT molecular complexity index is 721. The zero-order chi connectivity index (χ0) is 13.2. The summed E-state index contributed by atoms with van der Waals surface area (Å²) in [5.41, 5.74) is 1.87. The molecule has 0 amide bonds. The number of phenolic OH excluding ortho intramolecular Hbond substituents is 1. The van der Waals surface area contributed by atoms with Crippen molar-refractivity contribution >= 4 is 21.6 Å². The van der Waals surface area contributed by atoms with Gasteiger partial charge in [0, 0.05) is 12.0 Å². The maximum absolute atomic E-state index is 9.79. The Kier molecular flexibility index (Phi) is 3.09. The van der Waals surface area contributed by atoms with Crippen LogP contribution in [-0.2, 0) is 6.42 Å². The van der Waals surface area contributed by atoms with Gasteiger partial charge in [-0.1, -0.05) is 18.2 Å². The Labute approximate surface area is 115 Å². The van der Waals surface area contributed by atoms with Crippen molar-refractivity contribution in [2.24, 2.45) is 0 Å². The summed E-state index contributed by atoms with van der Waals surface area (Å²) in [6.45, 7) is 0. The Morgan fingerprint density at radius 3 is 2.84 bits per heavy atom. The van der Waals surface area contributed by atoms with Crippen molar-refractivity contribution < 1.29 is 9.84 Å². The number of ether oxygens (including phenoxy) is 1. The molecule has 1 N–H and O–H groups in total. The number of hydrogen-bond acceptors (Lipinski definition) is 4. The van der Waals surface area contributed by atoms with Crippen LogP contribution >= 0.6 is 11.3 Å². The van der Waals surface area contributed by atoms with Crippen LogP contribution in [0.25, 0.3) is 10.2 Å². The molecule has 1 aromatic heterocycles. The zero-order valence-corrected chi connectivity index (χ0v) is 11.3. The number of thiazole rings is 1. The van der Waals surface area contributed by atoms with Gasteiger partial charge in [-0.15, -0.1) is 11.3 Å². The van der Waals surface area contributed by atoms with Gasteiger partial charge in [0.15, 0.2) is 0 Å². The fourth-order valence-corrected chi connectivity index (χ4v) is 3.00. The van der Waals surface area contributed by atoms with E-state index in [0.29, 0.717) is 12.2 Å². The molecule has 3 aromatic rings. The van der Waals surface area contributed by atoms with Gasteiger partial charge in [-0.25, -0.2) is 4.98 Å². The van der Waals surface area contributed by atoms with E-state index in [1.165, 1.54) is 0 Å². The van der Waals surface area contributed by atoms with Gasteiger partial charge in [0.05, 0.1) is 22.3 Å². The Morgan fingerprint density at radius 2 is 2.05 bits per heavy atom. The van der Waals surface area contributed by atoms with Crippen LogP contribution in [0.15, 0.2) is 42.5 Å². The topological polar surface area (TPSA) is 42.4 Å². The van der Waals surface area contributed by atoms with Crippen molar-refractivity contribution in [1.82, 2.24) is 4.98 Å². The van der Waals surface area contributed by atoms with Gasteiger partial charge in [0.25, 0.3) is 0 Å². The highest BCUT2D eigenvalue weighted by Gasteiger charge is 2.08. The number of nitrogens with zero attached hydrogens (tertiary/aromatic N) is 1. The van der Waals surface area contributed by atoms with E-state index < -0.39 is 0 Å². The lowest BCUT2D eigenvalue weighted by molar-refractivity contribution is 0.415. The summed E-state index contributed by atoms with van der Waals surface area (Å²) in [5, 5.41) is 10.8. The second-order valence-corrected chi connectivity index (χ2v) is 5.36. The van der Waals surface area contributed by atoms with Crippen molar-refractivity contribution in [2.75, 3.05) is 7.11 Å². The fourth-order valence-electron chi connectivity index (χ4n) is 1.98. The Balaban J connectivity index is 1.95. The predicted octanol–water partition coefficient (Wildman–Crippen LogP) is 3.60. The average Bonchev–Trinajstić information content (AvgIpc) is 2.82. The number of para-hydroxylation sites is 1. The summed E-state index contributed by atoms with van der Waals surface area (Å²) >= 11 is 1.63. The van der Waals surface area contributed by atoms with Gasteiger partial charge in [0.1, 0.15) is 11.5 Å². The lowest BCUT2D eigenvalue weighted by Crippen LogP contribution is -1.87. The molecule has 0 atom stereocenters. The molecule has 4 heteroatoms. The molecule has 19 heavy (non-hydrogen) atoms. The minimum absolute atomic E-state index is 0.319. The van der Waals surface area contributed by atoms with Gasteiger partial charge in [-0.3, -0.25) is 0 Å². The first-order chi connectivity index (χ1) is 9.26. The third-order valence-electron chi connectivity index (χ3n) is 2.97. The van der Waals surface area contributed by atoms with Crippen LogP contribution in [0.5, 0.6) is 11.5 Å². The van der Waals surface area contributed by atoms with Gasteiger partial charge >= 0.3 is 0 Å². The molecule has 0 saturated heterocycles. The summed E-state index contributed by atoms with van der Waals surface area (Å²) in [6, 6.07) is 13.2. The maximum atomic E-state index is 9.79. The molecule has 0 unspecified atom stereocenters. The van der Waals surface area contributed by atoms with E-state index in [4.69, 9.17) is 4.74 Å². The summed E-state index contributed by atoms with van der Waals surface area (Å²) in [6.07, 6.45) is 0.647. The quantitative estimate of drug-likeness (QED) is 0.791. The highest BCUT2D eigenvalue weighted by molar-refractivity contribution is 7.18. The van der Waals surface area contributed by atoms with E-state index in [1.807, 2.05) is 36.4 Å². The summed E-state index contributed by atoms with van der Waals surface area (Å²) in [7, 11) is 1.66. The minimum atomic E-state index is 0.319. The summed E-state index contributed by atoms with van der Waals surface area (Å²) < 4.78 is 6.31. The first-order valence-electron chi connectivity index (χ1n) is 5.96. The molecule has 0 saturated carbocycles. The Hall–Kier alpha value is -2.07. The number of rotatable bonds is 3. The highest BCUT2D eigenvalue weighted by atomic mass is 32.1. The largest absolute Gasteiger partial charge is 0.508 e. The monoisotopic (exact) mass is 271 g/mol. The molecule has 3 rings (SSSR count). The molecule has 0 radical (unpaired) electrons. The third kappa shape index (κ3) is 2.39. The number of aromatic hydroxyl groups is 1. The van der Waals surface area contributed by atoms with Gasteiger partial charge in [-0.05, 0) is 24.3 Å². The number of fused-ring (bicyclic) bond motifs is 1. The maximum Gasteiger partial charge on any atom is 0.120 e. The van der Waals surface area contributed by atoms with Gasteiger partial charge in [0.2, 0.25) is 0 Å². The normalized spacial score (nSPS) is 10.8. The zero-order valence-electron chi connectivity index (χ0n) is 10.5. The van der Waals surface area contributed by atoms with E-state index >= 15 is 0 Å². The van der Waals surface area contributed by atoms with E-state index in [-0.39, 0.29) is 0 Å². The van der Waals surface area contributed by atoms with Crippen LogP contribution in [0, 0.1) is 0 Å². The van der Waals surface area contributed by atoms with Crippen molar-refractivity contribution in [2.45, 2.75) is 6.42 Å². The van der Waals surface area contributed by atoms with E-state index in [1.54, 1.807) is 24.5 Å². The fraction of sp³-hybridized carbons (Fsp3) is 0.133. The van der Waals surface area contributed by atoms with Crippen LogP contribution in [-0.4, -0.2) is 17.2 Å². The van der Waals surface area contributed by atoms with Crippen molar-refractivity contribution in [3.05, 3.63) is 53.0 Å². The third-order valence-corrected chi connectivity index (χ3v) is 3.99. The van der Waals surface area contributed by atoms with Crippen LogP contribution in [0.4, 0.5) is 0 Å². The van der Waals surface area contributed by atoms with Crippen molar-refractivity contribution in [3.8, 4) is 11.5 Å². The number of aromatic nitrogens is 1. The standard InChI is InChI=1S/C15H13NO2S/c1-18-11-6-7-12-14(9-11)19-15(16-12)8-10-4-2-3-5-13(10)17/h2-7,9,17H,8H2,1H3. The van der Waals surface area contributed by atoms with Crippen molar-refractivity contribution in [1.29, 1.82) is 0 Å². The molecular weight excluding hydrogens is 258 g/mol. The van der Waals surface area contributed by atoms with E-state index in [0.717, 1.165) is 26.5 Å². The number of phenols is 1. The molecule has 0 bridgehead atoms. The van der Waals surface area contributed by atoms with Gasteiger partial charge < -0.3 is 9.84 Å². The van der Waals surface area contributed by atoms with Gasteiger partial charge in [-0.2, -0.15) is 0 Å². The summed E-state index contributed by atoms with van der Waals surface area (Å²) in [4.78, 5) is 4.58. The first kappa shape index (κ1) is 12.0. The molecule has 0 aliphatic carbocycles. The molecule has 0 aliphatic heterocycles. The molecule has 3 nitrogen and oxygen atoms in total. The minimum Gasteiger partial charge on any atom is -0.508 e. The van der Waals surface area contributed by atoms with Crippen LogP contribution in [0.3, 0.4) is 0 Å².